The Morgan fingerprint density at radius 1 is 1.20 bits per heavy atom. The van der Waals surface area contributed by atoms with E-state index in [1.807, 2.05) is 29.1 Å². The van der Waals surface area contributed by atoms with Crippen LogP contribution in [0.4, 0.5) is 8.78 Å². The van der Waals surface area contributed by atoms with E-state index in [1.54, 1.807) is 4.90 Å². The number of pyridine rings is 1. The summed E-state index contributed by atoms with van der Waals surface area (Å²) >= 11 is 1.43. The average molecular weight is 618 g/mol. The number of fused-ring (bicyclic) bond motifs is 2. The number of carbonyl (C=O) groups is 1. The lowest BCUT2D eigenvalue weighted by molar-refractivity contribution is -0.129. The third-order valence-electron chi connectivity index (χ3n) is 8.17. The summed E-state index contributed by atoms with van der Waals surface area (Å²) in [6, 6.07) is 5.58. The SMILES string of the molecule is C=CC(=O)N1CCn2nc(-c3nc(C#CC4CCN(C)C4)c4ccsc4c3-c3c(F)cc(F)cc3OCCOC)cc2[C@H]1C. The average Bonchev–Trinajstić information content (AvgIpc) is 3.76. The molecular weight excluding hydrogens is 584 g/mol. The Balaban J connectivity index is 1.57. The van der Waals surface area contributed by atoms with Gasteiger partial charge in [-0.3, -0.25) is 9.48 Å². The third kappa shape index (κ3) is 5.61. The van der Waals surface area contributed by atoms with Crippen molar-refractivity contribution in [1.82, 2.24) is 24.6 Å². The number of aromatic nitrogens is 3. The number of hydrogen-bond donors (Lipinski definition) is 0. The Morgan fingerprint density at radius 3 is 2.80 bits per heavy atom. The van der Waals surface area contributed by atoms with Gasteiger partial charge in [0.15, 0.2) is 0 Å². The molecule has 0 spiro atoms. The molecule has 3 aromatic heterocycles. The maximum absolute atomic E-state index is 15.9. The molecule has 1 aromatic carbocycles. The molecule has 0 saturated carbocycles. The smallest absolute Gasteiger partial charge is 0.246 e. The van der Waals surface area contributed by atoms with Crippen LogP contribution in [0.25, 0.3) is 32.6 Å². The molecule has 0 radical (unpaired) electrons. The Morgan fingerprint density at radius 2 is 2.05 bits per heavy atom. The van der Waals surface area contributed by atoms with Crippen LogP contribution in [-0.2, 0) is 16.1 Å². The van der Waals surface area contributed by atoms with E-state index in [4.69, 9.17) is 19.6 Å². The van der Waals surface area contributed by atoms with Gasteiger partial charge in [-0.15, -0.1) is 11.3 Å². The number of halogens is 2. The molecule has 1 amide bonds. The fourth-order valence-corrected chi connectivity index (χ4v) is 6.89. The summed E-state index contributed by atoms with van der Waals surface area (Å²) in [5, 5.41) is 7.59. The predicted molar refractivity (Wildman–Crippen MR) is 166 cm³/mol. The number of rotatable bonds is 7. The van der Waals surface area contributed by atoms with Crippen molar-refractivity contribution in [2.24, 2.45) is 5.92 Å². The minimum atomic E-state index is -0.775. The number of hydrogen-bond acceptors (Lipinski definition) is 7. The normalized spacial score (nSPS) is 18.2. The predicted octanol–water partition coefficient (Wildman–Crippen LogP) is 5.52. The molecule has 2 aliphatic heterocycles. The molecule has 1 unspecified atom stereocenters. The van der Waals surface area contributed by atoms with Crippen molar-refractivity contribution in [1.29, 1.82) is 0 Å². The van der Waals surface area contributed by atoms with Crippen LogP contribution in [0.1, 0.15) is 30.8 Å². The van der Waals surface area contributed by atoms with Gasteiger partial charge in [-0.25, -0.2) is 13.8 Å². The van der Waals surface area contributed by atoms with E-state index >= 15 is 4.39 Å². The molecule has 1 fully saturated rings. The van der Waals surface area contributed by atoms with Gasteiger partial charge in [-0.1, -0.05) is 12.5 Å². The van der Waals surface area contributed by atoms with E-state index < -0.39 is 11.6 Å². The van der Waals surface area contributed by atoms with Crippen molar-refractivity contribution >= 4 is 27.3 Å². The molecular formula is C33H33F2N5O3S. The Kier molecular flexibility index (Phi) is 8.49. The molecule has 0 aliphatic carbocycles. The van der Waals surface area contributed by atoms with E-state index in [-0.39, 0.29) is 42.4 Å². The van der Waals surface area contributed by atoms with Crippen molar-refractivity contribution in [3.63, 3.8) is 0 Å². The van der Waals surface area contributed by atoms with Gasteiger partial charge >= 0.3 is 0 Å². The first-order chi connectivity index (χ1) is 21.3. The quantitative estimate of drug-likeness (QED) is 0.155. The third-order valence-corrected chi connectivity index (χ3v) is 9.10. The first kappa shape index (κ1) is 29.9. The van der Waals surface area contributed by atoms with Crippen LogP contribution in [-0.4, -0.2) is 77.5 Å². The second kappa shape index (κ2) is 12.5. The summed E-state index contributed by atoms with van der Waals surface area (Å²) in [5.41, 5.74) is 2.84. The van der Waals surface area contributed by atoms with Gasteiger partial charge in [0.05, 0.1) is 30.5 Å². The Bertz CT molecular complexity index is 1810. The highest BCUT2D eigenvalue weighted by molar-refractivity contribution is 7.17. The van der Waals surface area contributed by atoms with Gasteiger partial charge in [0.25, 0.3) is 0 Å². The van der Waals surface area contributed by atoms with Crippen molar-refractivity contribution in [3.8, 4) is 40.1 Å². The fraction of sp³-hybridized carbons (Fsp3) is 0.364. The molecule has 2 atom stereocenters. The minimum Gasteiger partial charge on any atom is -0.490 e. The van der Waals surface area contributed by atoms with E-state index in [2.05, 4.69) is 30.4 Å². The number of amides is 1. The molecule has 0 N–H and O–H groups in total. The summed E-state index contributed by atoms with van der Waals surface area (Å²) in [5.74, 6) is 5.31. The van der Waals surface area contributed by atoms with Crippen LogP contribution in [0.5, 0.6) is 5.75 Å². The maximum atomic E-state index is 15.9. The van der Waals surface area contributed by atoms with Crippen LogP contribution in [0.3, 0.4) is 0 Å². The Hall–Kier alpha value is -4.11. The number of ether oxygens (including phenoxy) is 2. The number of likely N-dealkylation sites (tertiary alicyclic amines) is 1. The molecule has 5 heterocycles. The molecule has 6 rings (SSSR count). The summed E-state index contributed by atoms with van der Waals surface area (Å²) < 4.78 is 44.0. The van der Waals surface area contributed by atoms with Gasteiger partial charge in [-0.05, 0) is 56.4 Å². The highest BCUT2D eigenvalue weighted by atomic mass is 32.1. The fourth-order valence-electron chi connectivity index (χ4n) is 5.94. The number of thiophene rings is 1. The Labute approximate surface area is 258 Å². The largest absolute Gasteiger partial charge is 0.490 e. The number of carbonyl (C=O) groups excluding carboxylic acids is 1. The van der Waals surface area contributed by atoms with E-state index in [0.717, 1.165) is 41.4 Å². The van der Waals surface area contributed by atoms with Gasteiger partial charge < -0.3 is 19.3 Å². The zero-order valence-corrected chi connectivity index (χ0v) is 25.7. The second-order valence-electron chi connectivity index (χ2n) is 11.1. The van der Waals surface area contributed by atoms with Gasteiger partial charge in [0.1, 0.15) is 41.1 Å². The molecule has 228 valence electrons. The van der Waals surface area contributed by atoms with E-state index in [0.29, 0.717) is 35.7 Å². The highest BCUT2D eigenvalue weighted by Gasteiger charge is 2.31. The zero-order valence-electron chi connectivity index (χ0n) is 24.9. The van der Waals surface area contributed by atoms with Crippen LogP contribution in [0.2, 0.25) is 0 Å². The van der Waals surface area contributed by atoms with Crippen molar-refractivity contribution in [3.05, 3.63) is 65.3 Å². The van der Waals surface area contributed by atoms with Crippen molar-refractivity contribution < 1.29 is 23.0 Å². The zero-order chi connectivity index (χ0) is 31.0. The highest BCUT2D eigenvalue weighted by Crippen LogP contribution is 2.45. The van der Waals surface area contributed by atoms with Crippen LogP contribution >= 0.6 is 11.3 Å². The molecule has 8 nitrogen and oxygen atoms in total. The monoisotopic (exact) mass is 617 g/mol. The van der Waals surface area contributed by atoms with Gasteiger partial charge in [0, 0.05) is 53.9 Å². The van der Waals surface area contributed by atoms with Crippen LogP contribution < -0.4 is 4.74 Å². The van der Waals surface area contributed by atoms with E-state index in [1.165, 1.54) is 30.6 Å². The van der Waals surface area contributed by atoms with Gasteiger partial charge in [0.2, 0.25) is 5.91 Å². The molecule has 4 aromatic rings. The van der Waals surface area contributed by atoms with Gasteiger partial charge in [-0.2, -0.15) is 5.10 Å². The molecule has 11 heteroatoms. The van der Waals surface area contributed by atoms with Crippen LogP contribution in [0, 0.1) is 29.4 Å². The first-order valence-electron chi connectivity index (χ1n) is 14.5. The number of methoxy groups -OCH3 is 1. The lowest BCUT2D eigenvalue weighted by atomic mass is 9.97. The molecule has 44 heavy (non-hydrogen) atoms. The lowest BCUT2D eigenvalue weighted by Gasteiger charge is -2.33. The van der Waals surface area contributed by atoms with E-state index in [9.17, 15) is 9.18 Å². The van der Waals surface area contributed by atoms with Crippen LogP contribution in [0.15, 0.2) is 42.3 Å². The molecule has 1 saturated heterocycles. The number of benzene rings is 1. The first-order valence-corrected chi connectivity index (χ1v) is 15.4. The molecule has 2 aliphatic rings. The van der Waals surface area contributed by atoms with Crippen molar-refractivity contribution in [2.45, 2.75) is 25.9 Å². The minimum absolute atomic E-state index is 0.0465. The van der Waals surface area contributed by atoms with Crippen molar-refractivity contribution in [2.75, 3.05) is 47.0 Å². The number of nitrogens with zero attached hydrogens (tertiary/aromatic N) is 5. The summed E-state index contributed by atoms with van der Waals surface area (Å²) in [7, 11) is 3.61. The molecule has 0 bridgehead atoms. The topological polar surface area (TPSA) is 72.7 Å². The second-order valence-corrected chi connectivity index (χ2v) is 12.0. The maximum Gasteiger partial charge on any atom is 0.246 e. The lowest BCUT2D eigenvalue weighted by Crippen LogP contribution is -2.40. The standard InChI is InChI=1S/C33H33F2N5O3S/c1-5-29(41)39-11-12-40-27(20(39)2)18-26(37-40)32-31(30-24(35)16-22(34)17-28(30)43-14-13-42-4)33-23(9-15-44-33)25(36-32)7-6-21-8-10-38(3)19-21/h5,9,15-18,20-21H,1,8,10-14,19H2,2-4H3/t20-,21?/m1/s1. The summed E-state index contributed by atoms with van der Waals surface area (Å²) in [4.78, 5) is 21.6. The summed E-state index contributed by atoms with van der Waals surface area (Å²) in [6.45, 7) is 8.75. The summed E-state index contributed by atoms with van der Waals surface area (Å²) in [6.07, 6.45) is 2.29.